The molecule has 0 spiro atoms. The molecule has 2 atom stereocenters. The largest absolute Gasteiger partial charge is 0.358 e. The third-order valence-corrected chi connectivity index (χ3v) is 8.22. The highest BCUT2D eigenvalue weighted by molar-refractivity contribution is 14.1. The zero-order chi connectivity index (χ0) is 27.3. The molecule has 1 fully saturated rings. The maximum Gasteiger partial charge on any atom is 0.351 e. The SMILES string of the molecule is CC(=O)Nc1ccn([C@@]2(CI)CC[C@@H](COC(c3ccccc3)(c3ccccc3)c3ccccc3)O2)c(=O)n1. The molecule has 1 saturated heterocycles. The molecule has 8 heteroatoms. The Bertz CT molecular complexity index is 1370. The van der Waals surface area contributed by atoms with Crippen LogP contribution in [0.5, 0.6) is 0 Å². The molecule has 0 saturated carbocycles. The highest BCUT2D eigenvalue weighted by Crippen LogP contribution is 2.42. The summed E-state index contributed by atoms with van der Waals surface area (Å²) in [6, 6.07) is 32.3. The quantitative estimate of drug-likeness (QED) is 0.150. The molecule has 4 aromatic rings. The highest BCUT2D eigenvalue weighted by Gasteiger charge is 2.44. The van der Waals surface area contributed by atoms with Gasteiger partial charge in [0.2, 0.25) is 5.91 Å². The van der Waals surface area contributed by atoms with Crippen LogP contribution in [0.25, 0.3) is 0 Å². The topological polar surface area (TPSA) is 82.5 Å². The summed E-state index contributed by atoms with van der Waals surface area (Å²) in [5.74, 6) is -0.0556. The van der Waals surface area contributed by atoms with Crippen molar-refractivity contribution in [2.45, 2.75) is 37.2 Å². The van der Waals surface area contributed by atoms with Crippen molar-refractivity contribution in [2.75, 3.05) is 16.4 Å². The first-order valence-corrected chi connectivity index (χ1v) is 14.4. The lowest BCUT2D eigenvalue weighted by atomic mass is 9.80. The molecule has 1 amide bonds. The Kier molecular flexibility index (Phi) is 8.25. The zero-order valence-electron chi connectivity index (χ0n) is 21.6. The van der Waals surface area contributed by atoms with E-state index in [-0.39, 0.29) is 17.8 Å². The predicted octanol–water partition coefficient (Wildman–Crippen LogP) is 5.48. The molecule has 1 N–H and O–H groups in total. The molecule has 5 rings (SSSR count). The van der Waals surface area contributed by atoms with Crippen molar-refractivity contribution in [1.29, 1.82) is 0 Å². The number of benzene rings is 3. The number of amides is 1. The van der Waals surface area contributed by atoms with Crippen LogP contribution >= 0.6 is 22.6 Å². The van der Waals surface area contributed by atoms with Gasteiger partial charge in [0.05, 0.1) is 12.7 Å². The molecule has 1 aliphatic heterocycles. The number of hydrogen-bond acceptors (Lipinski definition) is 5. The van der Waals surface area contributed by atoms with E-state index in [1.54, 1.807) is 12.3 Å². The molecule has 0 unspecified atom stereocenters. The lowest BCUT2D eigenvalue weighted by Gasteiger charge is -2.37. The minimum Gasteiger partial charge on any atom is -0.358 e. The molecule has 7 nitrogen and oxygen atoms in total. The number of halogens is 1. The van der Waals surface area contributed by atoms with E-state index in [0.717, 1.165) is 23.1 Å². The standard InChI is InChI=1S/C31H30IN3O4/c1-23(36)33-28-18-20-35(29(37)34-28)30(22-32)19-17-27(39-30)21-38-31(24-11-5-2-6-12-24,25-13-7-3-8-14-25)26-15-9-4-10-16-26/h2-16,18,20,27H,17,19,21-22H2,1H3,(H,33,34,36,37)/t27-,30-/m0/s1. The molecule has 1 aromatic heterocycles. The third-order valence-electron chi connectivity index (χ3n) is 7.03. The number of rotatable bonds is 9. The van der Waals surface area contributed by atoms with E-state index in [9.17, 15) is 9.59 Å². The van der Waals surface area contributed by atoms with Crippen LogP contribution in [0.4, 0.5) is 5.82 Å². The van der Waals surface area contributed by atoms with Crippen LogP contribution in [0.15, 0.2) is 108 Å². The maximum absolute atomic E-state index is 12.9. The van der Waals surface area contributed by atoms with E-state index in [4.69, 9.17) is 9.47 Å². The summed E-state index contributed by atoms with van der Waals surface area (Å²) >= 11 is 2.25. The zero-order valence-corrected chi connectivity index (χ0v) is 23.8. The van der Waals surface area contributed by atoms with Crippen LogP contribution < -0.4 is 11.0 Å². The Morgan fingerprint density at radius 1 is 1.00 bits per heavy atom. The van der Waals surface area contributed by atoms with Crippen molar-refractivity contribution in [2.24, 2.45) is 0 Å². The number of alkyl halides is 1. The number of nitrogens with one attached hydrogen (secondary N) is 1. The van der Waals surface area contributed by atoms with E-state index >= 15 is 0 Å². The molecule has 0 bridgehead atoms. The van der Waals surface area contributed by atoms with Gasteiger partial charge < -0.3 is 14.8 Å². The van der Waals surface area contributed by atoms with Crippen molar-refractivity contribution in [3.8, 4) is 0 Å². The monoisotopic (exact) mass is 635 g/mol. The second kappa shape index (κ2) is 11.8. The number of hydrogen-bond donors (Lipinski definition) is 1. The predicted molar refractivity (Wildman–Crippen MR) is 159 cm³/mol. The van der Waals surface area contributed by atoms with Gasteiger partial charge in [-0.25, -0.2) is 4.79 Å². The van der Waals surface area contributed by atoms with Gasteiger partial charge in [0.15, 0.2) is 5.72 Å². The highest BCUT2D eigenvalue weighted by atomic mass is 127. The van der Waals surface area contributed by atoms with Gasteiger partial charge in [-0.2, -0.15) is 4.98 Å². The summed E-state index contributed by atoms with van der Waals surface area (Å²) in [7, 11) is 0. The van der Waals surface area contributed by atoms with Gasteiger partial charge in [0.25, 0.3) is 0 Å². The second-order valence-electron chi connectivity index (χ2n) is 9.60. The Balaban J connectivity index is 1.46. The molecular weight excluding hydrogens is 605 g/mol. The molecule has 0 radical (unpaired) electrons. The van der Waals surface area contributed by atoms with Gasteiger partial charge >= 0.3 is 5.69 Å². The van der Waals surface area contributed by atoms with Gasteiger partial charge in [-0.3, -0.25) is 9.36 Å². The molecule has 2 heterocycles. The van der Waals surface area contributed by atoms with Gasteiger partial charge in [-0.15, -0.1) is 0 Å². The number of carbonyl (C=O) groups is 1. The van der Waals surface area contributed by atoms with E-state index < -0.39 is 17.0 Å². The Morgan fingerprint density at radius 3 is 2.00 bits per heavy atom. The molecule has 3 aromatic carbocycles. The fraction of sp³-hybridized carbons (Fsp3) is 0.258. The molecule has 39 heavy (non-hydrogen) atoms. The van der Waals surface area contributed by atoms with Crippen LogP contribution in [-0.4, -0.2) is 32.6 Å². The van der Waals surface area contributed by atoms with Crippen molar-refractivity contribution < 1.29 is 14.3 Å². The second-order valence-corrected chi connectivity index (χ2v) is 10.4. The van der Waals surface area contributed by atoms with Crippen molar-refractivity contribution in [3.63, 3.8) is 0 Å². The first-order chi connectivity index (χ1) is 19.0. The molecular formula is C31H30IN3O4. The Labute approximate surface area is 241 Å². The summed E-state index contributed by atoms with van der Waals surface area (Å²) in [4.78, 5) is 28.4. The molecule has 1 aliphatic rings. The number of aromatic nitrogens is 2. The average Bonchev–Trinajstić information content (AvgIpc) is 3.39. The third kappa shape index (κ3) is 5.54. The smallest absolute Gasteiger partial charge is 0.351 e. The fourth-order valence-corrected chi connectivity index (χ4v) is 6.15. The van der Waals surface area contributed by atoms with Crippen LogP contribution in [0.3, 0.4) is 0 Å². The summed E-state index contributed by atoms with van der Waals surface area (Å²) in [6.45, 7) is 1.70. The van der Waals surface area contributed by atoms with Crippen LogP contribution in [0, 0.1) is 0 Å². The normalized spacial score (nSPS) is 19.1. The van der Waals surface area contributed by atoms with Crippen molar-refractivity contribution in [3.05, 3.63) is 130 Å². The van der Waals surface area contributed by atoms with Crippen LogP contribution in [0.1, 0.15) is 36.5 Å². The van der Waals surface area contributed by atoms with Crippen molar-refractivity contribution >= 4 is 34.3 Å². The first-order valence-electron chi connectivity index (χ1n) is 12.9. The van der Waals surface area contributed by atoms with Gasteiger partial charge in [0, 0.05) is 17.5 Å². The summed E-state index contributed by atoms with van der Waals surface area (Å²) in [6.07, 6.45) is 2.76. The minimum absolute atomic E-state index is 0.226. The van der Waals surface area contributed by atoms with Gasteiger partial charge in [-0.05, 0) is 35.6 Å². The Morgan fingerprint density at radius 2 is 1.54 bits per heavy atom. The van der Waals surface area contributed by atoms with Crippen molar-refractivity contribution in [1.82, 2.24) is 9.55 Å². The maximum atomic E-state index is 12.9. The van der Waals surface area contributed by atoms with E-state index in [1.807, 2.05) is 54.6 Å². The van der Waals surface area contributed by atoms with Crippen LogP contribution in [-0.2, 0) is 25.6 Å². The lowest BCUT2D eigenvalue weighted by Crippen LogP contribution is -2.44. The number of nitrogens with zero attached hydrogens (tertiary/aromatic N) is 2. The van der Waals surface area contributed by atoms with E-state index in [2.05, 4.69) is 69.3 Å². The van der Waals surface area contributed by atoms with Gasteiger partial charge in [0.1, 0.15) is 11.4 Å². The summed E-state index contributed by atoms with van der Waals surface area (Å²) < 4.78 is 15.6. The fourth-order valence-electron chi connectivity index (χ4n) is 5.22. The summed E-state index contributed by atoms with van der Waals surface area (Å²) in [5, 5.41) is 2.56. The average molecular weight is 636 g/mol. The lowest BCUT2D eigenvalue weighted by molar-refractivity contribution is -0.120. The Hall–Kier alpha value is -3.34. The van der Waals surface area contributed by atoms with E-state index in [0.29, 0.717) is 17.5 Å². The number of carbonyl (C=O) groups excluding carboxylic acids is 1. The number of ether oxygens (including phenoxy) is 2. The van der Waals surface area contributed by atoms with Gasteiger partial charge in [-0.1, -0.05) is 114 Å². The first kappa shape index (κ1) is 27.2. The molecule has 0 aliphatic carbocycles. The summed E-state index contributed by atoms with van der Waals surface area (Å²) in [5.41, 5.74) is 0.911. The molecule has 200 valence electrons. The van der Waals surface area contributed by atoms with E-state index in [1.165, 1.54) is 11.5 Å². The number of anilines is 1. The minimum atomic E-state index is -0.846. The van der Waals surface area contributed by atoms with Crippen LogP contribution in [0.2, 0.25) is 0 Å².